The van der Waals surface area contributed by atoms with E-state index in [9.17, 15) is 26.7 Å². The van der Waals surface area contributed by atoms with E-state index in [4.69, 9.17) is 0 Å². The van der Waals surface area contributed by atoms with E-state index in [1.54, 1.807) is 0 Å². The van der Waals surface area contributed by atoms with Crippen LogP contribution in [-0.2, 0) is 17.7 Å². The summed E-state index contributed by atoms with van der Waals surface area (Å²) in [4.78, 5) is 11.6. The van der Waals surface area contributed by atoms with E-state index in [2.05, 4.69) is 14.9 Å². The van der Waals surface area contributed by atoms with Crippen LogP contribution >= 0.6 is 0 Å². The van der Waals surface area contributed by atoms with Crippen LogP contribution in [0.2, 0.25) is 0 Å². The summed E-state index contributed by atoms with van der Waals surface area (Å²) in [5.41, 5.74) is 0. The monoisotopic (exact) mass is 313 g/mol. The summed E-state index contributed by atoms with van der Waals surface area (Å²) in [5.74, 6) is -7.84. The van der Waals surface area contributed by atoms with Gasteiger partial charge in [-0.05, 0) is 13.3 Å². The first kappa shape index (κ1) is 15.6. The number of carbonyl (C=O) groups excluding carboxylic acids is 1. The topological polar surface area (TPSA) is 57.0 Å². The Kier molecular flexibility index (Phi) is 3.89. The Labute approximate surface area is 116 Å². The number of carbonyl (C=O) groups is 1. The molecule has 0 aliphatic carbocycles. The summed E-state index contributed by atoms with van der Waals surface area (Å²) in [5, 5.41) is 7.13. The molecule has 2 heterocycles. The fraction of sp³-hybridized carbons (Fsp3) is 0.727. The molecule has 5 nitrogen and oxygen atoms in total. The largest absolute Gasteiger partial charge is 0.460 e. The third kappa shape index (κ3) is 2.70. The number of hydrogen-bond donors (Lipinski definition) is 0. The Morgan fingerprint density at radius 3 is 2.57 bits per heavy atom. The molecule has 0 bridgehead atoms. The third-order valence-electron chi connectivity index (χ3n) is 3.30. The first-order valence-electron chi connectivity index (χ1n) is 6.22. The minimum Gasteiger partial charge on any atom is -0.460 e. The van der Waals surface area contributed by atoms with Crippen molar-refractivity contribution in [1.29, 1.82) is 0 Å². The summed E-state index contributed by atoms with van der Waals surface area (Å²) < 4.78 is 69.7. The molecule has 0 saturated heterocycles. The van der Waals surface area contributed by atoms with Crippen LogP contribution in [0, 0.1) is 5.92 Å². The van der Waals surface area contributed by atoms with Crippen molar-refractivity contribution in [3.63, 3.8) is 0 Å². The molecule has 118 valence electrons. The Morgan fingerprint density at radius 1 is 1.33 bits per heavy atom. The zero-order valence-corrected chi connectivity index (χ0v) is 11.0. The van der Waals surface area contributed by atoms with Gasteiger partial charge in [0.05, 0.1) is 12.5 Å². The number of ether oxygens (including phenoxy) is 1. The lowest BCUT2D eigenvalue weighted by Gasteiger charge is -2.31. The van der Waals surface area contributed by atoms with Gasteiger partial charge in [0.15, 0.2) is 0 Å². The van der Waals surface area contributed by atoms with Gasteiger partial charge in [0.1, 0.15) is 5.82 Å². The summed E-state index contributed by atoms with van der Waals surface area (Å²) in [6.07, 6.45) is -6.12. The Morgan fingerprint density at radius 2 is 2.00 bits per heavy atom. The molecule has 0 amide bonds. The molecular weight excluding hydrogens is 301 g/mol. The molecule has 0 aromatic carbocycles. The highest BCUT2D eigenvalue weighted by Gasteiger charge is 2.62. The zero-order valence-electron chi connectivity index (χ0n) is 11.0. The molecule has 0 spiro atoms. The van der Waals surface area contributed by atoms with E-state index in [0.717, 1.165) is 4.57 Å². The molecule has 1 aliphatic heterocycles. The molecule has 1 aromatic heterocycles. The van der Waals surface area contributed by atoms with Gasteiger partial charge in [0.25, 0.3) is 0 Å². The molecule has 10 heteroatoms. The molecule has 1 unspecified atom stereocenters. The second-order valence-electron chi connectivity index (χ2n) is 4.63. The smallest absolute Gasteiger partial charge is 0.453 e. The predicted octanol–water partition coefficient (Wildman–Crippen LogP) is 2.21. The van der Waals surface area contributed by atoms with Crippen molar-refractivity contribution in [2.24, 2.45) is 5.92 Å². The van der Waals surface area contributed by atoms with Gasteiger partial charge >= 0.3 is 18.1 Å². The van der Waals surface area contributed by atoms with Gasteiger partial charge in [-0.15, -0.1) is 10.2 Å². The number of nitrogens with zero attached hydrogens (tertiary/aromatic N) is 3. The predicted molar refractivity (Wildman–Crippen MR) is 58.8 cm³/mol. The van der Waals surface area contributed by atoms with Crippen LogP contribution in [0.25, 0.3) is 0 Å². The molecule has 1 atom stereocenters. The van der Waals surface area contributed by atoms with E-state index in [1.807, 2.05) is 0 Å². The van der Waals surface area contributed by atoms with Crippen LogP contribution in [0.3, 0.4) is 0 Å². The van der Waals surface area contributed by atoms with Crippen molar-refractivity contribution in [3.05, 3.63) is 11.6 Å². The van der Waals surface area contributed by atoms with Gasteiger partial charge < -0.3 is 9.30 Å². The average molecular weight is 313 g/mol. The fourth-order valence-corrected chi connectivity index (χ4v) is 2.20. The van der Waals surface area contributed by atoms with E-state index >= 15 is 0 Å². The Balaban J connectivity index is 2.27. The molecule has 0 radical (unpaired) electrons. The Hall–Kier alpha value is -1.74. The highest BCUT2D eigenvalue weighted by molar-refractivity contribution is 5.85. The van der Waals surface area contributed by atoms with E-state index < -0.39 is 30.5 Å². The van der Waals surface area contributed by atoms with Crippen LogP contribution in [0.4, 0.5) is 22.0 Å². The van der Waals surface area contributed by atoms with Gasteiger partial charge in [0.2, 0.25) is 5.82 Å². The standard InChI is InChI=1S/C11H12F5N3O2/c1-2-21-9(20)8-18-17-7-4-3-6(5-19(7)8)10(12,13)11(14,15)16/h6H,2-5H2,1H3. The van der Waals surface area contributed by atoms with E-state index in [1.165, 1.54) is 6.92 Å². The van der Waals surface area contributed by atoms with Gasteiger partial charge in [0, 0.05) is 13.0 Å². The van der Waals surface area contributed by atoms with Crippen molar-refractivity contribution < 1.29 is 31.5 Å². The lowest BCUT2D eigenvalue weighted by atomic mass is 9.92. The molecule has 0 fully saturated rings. The highest BCUT2D eigenvalue weighted by Crippen LogP contribution is 2.44. The molecule has 0 N–H and O–H groups in total. The number of esters is 1. The molecule has 2 rings (SSSR count). The maximum absolute atomic E-state index is 13.4. The molecule has 1 aliphatic rings. The van der Waals surface area contributed by atoms with E-state index in [0.29, 0.717) is 0 Å². The SMILES string of the molecule is CCOC(=O)c1nnc2n1CC(C(F)(F)C(F)(F)F)CC2. The summed E-state index contributed by atoms with van der Waals surface area (Å²) in [6.45, 7) is 0.887. The number of halogens is 5. The Bertz CT molecular complexity index is 540. The highest BCUT2D eigenvalue weighted by atomic mass is 19.4. The maximum Gasteiger partial charge on any atom is 0.453 e. The van der Waals surface area contributed by atoms with Crippen LogP contribution < -0.4 is 0 Å². The number of fused-ring (bicyclic) bond motifs is 1. The summed E-state index contributed by atoms with van der Waals surface area (Å²) in [7, 11) is 0. The summed E-state index contributed by atoms with van der Waals surface area (Å²) >= 11 is 0. The summed E-state index contributed by atoms with van der Waals surface area (Å²) in [6, 6.07) is 0. The molecule has 21 heavy (non-hydrogen) atoms. The van der Waals surface area contributed by atoms with Gasteiger partial charge in [-0.1, -0.05) is 0 Å². The molecule has 0 saturated carbocycles. The molecular formula is C11H12F5N3O2. The number of alkyl halides is 5. The van der Waals surface area contributed by atoms with E-state index in [-0.39, 0.29) is 31.1 Å². The van der Waals surface area contributed by atoms with Crippen molar-refractivity contribution in [3.8, 4) is 0 Å². The second kappa shape index (κ2) is 5.23. The number of hydrogen-bond acceptors (Lipinski definition) is 4. The lowest BCUT2D eigenvalue weighted by Crippen LogP contribution is -2.47. The van der Waals surface area contributed by atoms with Gasteiger partial charge in [-0.25, -0.2) is 4.79 Å². The van der Waals surface area contributed by atoms with Gasteiger partial charge in [-0.2, -0.15) is 22.0 Å². The van der Waals surface area contributed by atoms with Gasteiger partial charge in [-0.3, -0.25) is 0 Å². The first-order chi connectivity index (χ1) is 9.68. The van der Waals surface area contributed by atoms with Crippen molar-refractivity contribution in [2.75, 3.05) is 6.61 Å². The van der Waals surface area contributed by atoms with Crippen molar-refractivity contribution >= 4 is 5.97 Å². The normalized spacial score (nSPS) is 19.2. The van der Waals surface area contributed by atoms with Crippen LogP contribution in [0.1, 0.15) is 29.8 Å². The first-order valence-corrected chi connectivity index (χ1v) is 6.22. The fourth-order valence-electron chi connectivity index (χ4n) is 2.20. The van der Waals surface area contributed by atoms with Crippen LogP contribution in [0.15, 0.2) is 0 Å². The third-order valence-corrected chi connectivity index (χ3v) is 3.30. The van der Waals surface area contributed by atoms with Crippen LogP contribution in [0.5, 0.6) is 0 Å². The van der Waals surface area contributed by atoms with Crippen LogP contribution in [-0.4, -0.2) is 39.4 Å². The zero-order chi connectivity index (χ0) is 15.8. The molecule has 1 aromatic rings. The minimum atomic E-state index is -5.63. The minimum absolute atomic E-state index is 0.0309. The van der Waals surface area contributed by atoms with Crippen molar-refractivity contribution in [1.82, 2.24) is 14.8 Å². The van der Waals surface area contributed by atoms with Crippen molar-refractivity contribution in [2.45, 2.75) is 38.4 Å². The lowest BCUT2D eigenvalue weighted by molar-refractivity contribution is -0.305. The quantitative estimate of drug-likeness (QED) is 0.634. The second-order valence-corrected chi connectivity index (χ2v) is 4.63. The number of aryl methyl sites for hydroxylation is 1. The average Bonchev–Trinajstić information content (AvgIpc) is 2.80. The number of rotatable bonds is 3. The maximum atomic E-state index is 13.4. The number of aromatic nitrogens is 3.